The van der Waals surface area contributed by atoms with Crippen molar-refractivity contribution in [3.05, 3.63) is 212 Å². The Morgan fingerprint density at radius 2 is 0.659 bits per heavy atom. The van der Waals surface area contributed by atoms with Crippen LogP contribution < -0.4 is 14.6 Å². The highest BCUT2D eigenvalue weighted by molar-refractivity contribution is 6.67. The van der Waals surface area contributed by atoms with E-state index in [0.717, 1.165) is 16.8 Å². The second-order valence-electron chi connectivity index (χ2n) is 27.6. The van der Waals surface area contributed by atoms with E-state index in [1.807, 2.05) is 0 Å². The molecule has 0 radical (unpaired) electrons. The number of para-hydroxylation sites is 4. The van der Waals surface area contributed by atoms with Gasteiger partial charge in [-0.15, -0.1) is 0 Å². The standard InChI is InChI=1S/C51H70N4Si.C27H36N2/c1-31(2)39-21-17-22-40(32(3)4)47(39)52-56(53-48-41(33(5)6)23-18-24-42(48)34(7)8)51-54(49-43(35(9)10)25-19-26-44(49)36(11)12)29-30-55(51)50-45(37(13)14)27-20-28-46(50)38(15)16;1-18(2)22-11-9-12-23(19(3)4)26(22)28-15-16-29(17-28)27-24(20(5)6)13-10-14-25(27)21(7)8/h17-38H,1-16H3;9-16,18-21H,1-8H3. The molecule has 0 saturated carbocycles. The number of imidazole rings is 2. The minimum Gasteiger partial charge on any atom is -0.446 e. The van der Waals surface area contributed by atoms with Crippen LogP contribution in [-0.4, -0.2) is 17.9 Å². The molecule has 0 atom stereocenters. The van der Waals surface area contributed by atoms with Gasteiger partial charge in [-0.1, -0.05) is 275 Å². The molecule has 7 heteroatoms. The highest BCUT2D eigenvalue weighted by Gasteiger charge is 2.32. The maximum Gasteiger partial charge on any atom is 0.268 e. The Hall–Kier alpha value is -6.44. The van der Waals surface area contributed by atoms with Crippen LogP contribution in [0, 0.1) is 6.33 Å². The fourth-order valence-electron chi connectivity index (χ4n) is 12.3. The first kappa shape index (κ1) is 66.1. The summed E-state index contributed by atoms with van der Waals surface area (Å²) < 4.78 is 15.5. The number of nitrogens with zero attached hydrogens (tertiary/aromatic N) is 6. The van der Waals surface area contributed by atoms with E-state index in [1.54, 1.807) is 0 Å². The Kier molecular flexibility index (Phi) is 22.1. The maximum absolute atomic E-state index is 6.10. The van der Waals surface area contributed by atoms with E-state index in [9.17, 15) is 0 Å². The molecular weight excluding hydrogens is 1050 g/mol. The van der Waals surface area contributed by atoms with Gasteiger partial charge in [-0.25, -0.2) is 9.13 Å². The molecule has 0 amide bonds. The molecule has 452 valence electrons. The number of hydrogen-bond donors (Lipinski definition) is 0. The number of rotatable bonds is 20. The van der Waals surface area contributed by atoms with Gasteiger partial charge in [0.2, 0.25) is 5.45 Å². The van der Waals surface area contributed by atoms with Gasteiger partial charge in [-0.3, -0.25) is 9.13 Å². The molecule has 0 N–H and O–H groups in total. The lowest BCUT2D eigenvalue weighted by molar-refractivity contribution is -0.600. The first-order valence-electron chi connectivity index (χ1n) is 32.4. The van der Waals surface area contributed by atoms with Gasteiger partial charge < -0.3 is 9.62 Å². The third-order valence-corrected chi connectivity index (χ3v) is 18.8. The first-order chi connectivity index (χ1) is 40.2. The normalized spacial score (nSPS) is 12.4. The Morgan fingerprint density at radius 3 is 1.01 bits per heavy atom. The van der Waals surface area contributed by atoms with Crippen molar-refractivity contribution in [3.63, 3.8) is 0 Å². The van der Waals surface area contributed by atoms with Crippen molar-refractivity contribution in [1.82, 2.24) is 9.13 Å². The molecule has 8 aromatic rings. The zero-order valence-corrected chi connectivity index (χ0v) is 57.8. The fourth-order valence-corrected chi connectivity index (χ4v) is 14.3. The average molecular weight is 1160 g/mol. The van der Waals surface area contributed by atoms with Crippen LogP contribution in [0.4, 0.5) is 11.4 Å². The predicted octanol–water partition coefficient (Wildman–Crippen LogP) is 21.8. The SMILES string of the molecule is CC(C)c1cccc(C(C)C)c1-n1[c-][n+](-c2c(C(C)C)cccc2C(C)C)cc1.CC(C)c1cccc(C(C)C)c1N=[Si]([N-]c1c(C(C)C)cccc1C(C)C)c1n(-c2c(C(C)C)cccc2C(C)C)cc[n+]1-c1c(C(C)C)cccc1C(C)C. The van der Waals surface area contributed by atoms with E-state index in [-0.39, 0.29) is 0 Å². The summed E-state index contributed by atoms with van der Waals surface area (Å²) in [5.41, 5.74) is 24.5. The third-order valence-electron chi connectivity index (χ3n) is 17.1. The number of hydrogen-bond acceptors (Lipinski definition) is 1. The van der Waals surface area contributed by atoms with Crippen LogP contribution in [0.5, 0.6) is 0 Å². The van der Waals surface area contributed by atoms with Crippen LogP contribution >= 0.6 is 0 Å². The van der Waals surface area contributed by atoms with Crippen molar-refractivity contribution in [2.45, 2.75) is 237 Å². The van der Waals surface area contributed by atoms with Crippen LogP contribution in [0.15, 0.2) is 139 Å². The minimum atomic E-state index is -2.15. The van der Waals surface area contributed by atoms with Gasteiger partial charge in [0.05, 0.1) is 11.4 Å². The highest BCUT2D eigenvalue weighted by atomic mass is 28.3. The molecule has 0 aliphatic carbocycles. The molecule has 0 fully saturated rings. The topological polar surface area (TPSA) is 44.1 Å². The van der Waals surface area contributed by atoms with Crippen molar-refractivity contribution < 1.29 is 9.13 Å². The predicted molar refractivity (Wildman–Crippen MR) is 366 cm³/mol. The lowest BCUT2D eigenvalue weighted by Gasteiger charge is -2.29. The smallest absolute Gasteiger partial charge is 0.268 e. The van der Waals surface area contributed by atoms with Gasteiger partial charge in [0.1, 0.15) is 32.5 Å². The molecule has 0 aliphatic rings. The summed E-state index contributed by atoms with van der Waals surface area (Å²) in [5, 5.41) is 0. The van der Waals surface area contributed by atoms with Crippen molar-refractivity contribution >= 4 is 25.6 Å². The summed E-state index contributed by atoms with van der Waals surface area (Å²) >= 11 is 0. The zero-order valence-electron chi connectivity index (χ0n) is 56.8. The van der Waals surface area contributed by atoms with Gasteiger partial charge in [0.25, 0.3) is 6.33 Å². The minimum absolute atomic E-state index is 0.312. The Bertz CT molecular complexity index is 3250. The summed E-state index contributed by atoms with van der Waals surface area (Å²) in [6.45, 7) is 55.2. The second-order valence-corrected chi connectivity index (χ2v) is 29.2. The molecule has 2 heterocycles. The molecule has 0 bridgehead atoms. The fraction of sp³-hybridized carbons (Fsp3) is 0.462. The maximum atomic E-state index is 6.10. The third kappa shape index (κ3) is 14.4. The summed E-state index contributed by atoms with van der Waals surface area (Å²) in [6, 6.07) is 40.8. The van der Waals surface area contributed by atoms with E-state index in [0.29, 0.717) is 71.0 Å². The van der Waals surface area contributed by atoms with Crippen LogP contribution in [0.1, 0.15) is 304 Å². The zero-order chi connectivity index (χ0) is 62.5. The van der Waals surface area contributed by atoms with E-state index >= 15 is 0 Å². The van der Waals surface area contributed by atoms with Crippen molar-refractivity contribution in [2.24, 2.45) is 4.63 Å². The van der Waals surface area contributed by atoms with Gasteiger partial charge in [0.15, 0.2) is 0 Å². The van der Waals surface area contributed by atoms with E-state index < -0.39 is 8.75 Å². The Labute approximate surface area is 517 Å². The van der Waals surface area contributed by atoms with Crippen LogP contribution in [0.25, 0.3) is 27.7 Å². The van der Waals surface area contributed by atoms with Gasteiger partial charge in [-0.05, 0) is 127 Å². The number of benzene rings is 6. The molecular formula is C78H106N6Si. The van der Waals surface area contributed by atoms with E-state index in [4.69, 9.17) is 9.62 Å². The summed E-state index contributed by atoms with van der Waals surface area (Å²) in [5.74, 6) is 4.40. The van der Waals surface area contributed by atoms with E-state index in [1.165, 1.54) is 89.5 Å². The van der Waals surface area contributed by atoms with Gasteiger partial charge in [-0.2, -0.15) is 0 Å². The first-order valence-corrected chi connectivity index (χ1v) is 33.8. The lowest BCUT2D eigenvalue weighted by Crippen LogP contribution is -2.54. The van der Waals surface area contributed by atoms with Crippen molar-refractivity contribution in [2.75, 3.05) is 0 Å². The summed E-state index contributed by atoms with van der Waals surface area (Å²) in [4.78, 5) is 6.10. The quantitative estimate of drug-likeness (QED) is 0.0415. The molecule has 0 aliphatic heterocycles. The number of aromatic nitrogens is 4. The Balaban J connectivity index is 0.000000298. The summed E-state index contributed by atoms with van der Waals surface area (Å²) in [6.07, 6.45) is 12.6. The molecule has 8 rings (SSSR count). The summed E-state index contributed by atoms with van der Waals surface area (Å²) in [7, 11) is -2.15. The second kappa shape index (κ2) is 28.4. The van der Waals surface area contributed by atoms with Crippen LogP contribution in [0.2, 0.25) is 0 Å². The Morgan fingerprint density at radius 1 is 0.353 bits per heavy atom. The monoisotopic (exact) mass is 1150 g/mol. The van der Waals surface area contributed by atoms with Crippen molar-refractivity contribution in [1.29, 1.82) is 0 Å². The lowest BCUT2D eigenvalue weighted by atomic mass is 9.92. The van der Waals surface area contributed by atoms with Gasteiger partial charge >= 0.3 is 0 Å². The molecule has 0 unspecified atom stereocenters. The van der Waals surface area contributed by atoms with E-state index in [2.05, 4.69) is 325 Å². The van der Waals surface area contributed by atoms with Crippen LogP contribution in [0.3, 0.4) is 0 Å². The molecule has 0 saturated heterocycles. The molecule has 6 nitrogen and oxygen atoms in total. The molecule has 2 aromatic heterocycles. The molecule has 0 spiro atoms. The van der Waals surface area contributed by atoms with Gasteiger partial charge in [0, 0.05) is 34.6 Å². The highest BCUT2D eigenvalue weighted by Crippen LogP contribution is 2.42. The average Bonchev–Trinajstić information content (AvgIpc) is 3.53. The van der Waals surface area contributed by atoms with Crippen molar-refractivity contribution in [3.8, 4) is 22.7 Å². The molecule has 6 aromatic carbocycles. The molecule has 85 heavy (non-hydrogen) atoms. The van der Waals surface area contributed by atoms with Crippen LogP contribution in [-0.2, 0) is 0 Å². The largest absolute Gasteiger partial charge is 0.446 e.